The first-order chi connectivity index (χ1) is 9.06. The zero-order valence-corrected chi connectivity index (χ0v) is 12.2. The van der Waals surface area contributed by atoms with Gasteiger partial charge in [0, 0.05) is 39.6 Å². The van der Waals surface area contributed by atoms with Crippen LogP contribution in [-0.4, -0.2) is 41.9 Å². The third-order valence-electron chi connectivity index (χ3n) is 4.09. The lowest BCUT2D eigenvalue weighted by Crippen LogP contribution is -2.44. The Labute approximate surface area is 116 Å². The number of carbonyl (C=O) groups excluding carboxylic acids is 1. The lowest BCUT2D eigenvalue weighted by Gasteiger charge is -2.36. The molecule has 19 heavy (non-hydrogen) atoms. The van der Waals surface area contributed by atoms with E-state index in [1.807, 2.05) is 11.9 Å². The highest BCUT2D eigenvalue weighted by molar-refractivity contribution is 5.73. The van der Waals surface area contributed by atoms with Crippen LogP contribution in [0.25, 0.3) is 0 Å². The predicted octanol–water partition coefficient (Wildman–Crippen LogP) is 2.44. The molecule has 104 valence electrons. The quantitative estimate of drug-likeness (QED) is 0.833. The van der Waals surface area contributed by atoms with Crippen molar-refractivity contribution in [1.82, 2.24) is 9.80 Å². The lowest BCUT2D eigenvalue weighted by atomic mass is 10.0. The van der Waals surface area contributed by atoms with E-state index in [0.717, 1.165) is 32.5 Å². The molecule has 3 heteroatoms. The van der Waals surface area contributed by atoms with E-state index < -0.39 is 0 Å². The first-order valence-electron chi connectivity index (χ1n) is 7.07. The summed E-state index contributed by atoms with van der Waals surface area (Å²) >= 11 is 0. The molecular formula is C16H24N2O. The van der Waals surface area contributed by atoms with Gasteiger partial charge in [-0.3, -0.25) is 9.69 Å². The molecule has 0 atom stereocenters. The maximum Gasteiger partial charge on any atom is 0.219 e. The molecule has 3 nitrogen and oxygen atoms in total. The van der Waals surface area contributed by atoms with Gasteiger partial charge in [0.15, 0.2) is 0 Å². The Morgan fingerprint density at radius 1 is 1.37 bits per heavy atom. The fraction of sp³-hybridized carbons (Fsp3) is 0.562. The molecule has 1 heterocycles. The molecule has 1 saturated heterocycles. The van der Waals surface area contributed by atoms with Gasteiger partial charge in [-0.05, 0) is 25.3 Å². The third-order valence-corrected chi connectivity index (χ3v) is 4.09. The van der Waals surface area contributed by atoms with Crippen LogP contribution in [0.1, 0.15) is 30.9 Å². The van der Waals surface area contributed by atoms with Crippen molar-refractivity contribution in [2.45, 2.75) is 39.3 Å². The van der Waals surface area contributed by atoms with Gasteiger partial charge >= 0.3 is 0 Å². The monoisotopic (exact) mass is 260 g/mol. The van der Waals surface area contributed by atoms with Crippen molar-refractivity contribution < 1.29 is 4.79 Å². The smallest absolute Gasteiger partial charge is 0.219 e. The lowest BCUT2D eigenvalue weighted by molar-refractivity contribution is -0.130. The average Bonchev–Trinajstić information content (AvgIpc) is 2.39. The second-order valence-electron chi connectivity index (χ2n) is 5.63. The molecule has 0 radical (unpaired) electrons. The Balaban J connectivity index is 1.85. The minimum Gasteiger partial charge on any atom is -0.343 e. The van der Waals surface area contributed by atoms with Crippen LogP contribution in [-0.2, 0) is 11.3 Å². The third kappa shape index (κ3) is 3.80. The molecule has 1 amide bonds. The molecule has 0 unspecified atom stereocenters. The number of carbonyl (C=O) groups is 1. The summed E-state index contributed by atoms with van der Waals surface area (Å²) in [6.45, 7) is 6.97. The number of amides is 1. The Morgan fingerprint density at radius 3 is 2.63 bits per heavy atom. The second kappa shape index (κ2) is 6.20. The molecule has 1 aliphatic heterocycles. The molecule has 0 saturated carbocycles. The summed E-state index contributed by atoms with van der Waals surface area (Å²) in [6, 6.07) is 9.14. The van der Waals surface area contributed by atoms with Crippen molar-refractivity contribution in [3.05, 3.63) is 35.4 Å². The molecule has 0 aliphatic carbocycles. The average molecular weight is 260 g/mol. The molecule has 1 fully saturated rings. The second-order valence-corrected chi connectivity index (χ2v) is 5.63. The van der Waals surface area contributed by atoms with Gasteiger partial charge in [-0.2, -0.15) is 0 Å². The number of aryl methyl sites for hydroxylation is 1. The van der Waals surface area contributed by atoms with E-state index >= 15 is 0 Å². The maximum atomic E-state index is 11.4. The minimum atomic E-state index is 0.178. The molecular weight excluding hydrogens is 236 g/mol. The van der Waals surface area contributed by atoms with Gasteiger partial charge in [-0.15, -0.1) is 0 Å². The van der Waals surface area contributed by atoms with Crippen LogP contribution in [0.15, 0.2) is 24.3 Å². The normalized spacial score (nSPS) is 17.4. The van der Waals surface area contributed by atoms with Crippen LogP contribution in [0.5, 0.6) is 0 Å². The standard InChI is InChI=1S/C16H24N2O/c1-13-5-4-6-15(11-13)12-18-9-7-16(8-10-18)17(3)14(2)19/h4-6,11,16H,7-10,12H2,1-3H3. The van der Waals surface area contributed by atoms with Gasteiger partial charge in [0.1, 0.15) is 0 Å². The van der Waals surface area contributed by atoms with E-state index in [4.69, 9.17) is 0 Å². The molecule has 0 aromatic heterocycles. The molecule has 2 rings (SSSR count). The number of hydrogen-bond donors (Lipinski definition) is 0. The summed E-state index contributed by atoms with van der Waals surface area (Å²) in [6.07, 6.45) is 2.17. The Kier molecular flexibility index (Phi) is 4.59. The van der Waals surface area contributed by atoms with Crippen LogP contribution in [0.3, 0.4) is 0 Å². The summed E-state index contributed by atoms with van der Waals surface area (Å²) in [5.41, 5.74) is 2.71. The first-order valence-corrected chi connectivity index (χ1v) is 7.07. The van der Waals surface area contributed by atoms with Gasteiger partial charge in [-0.1, -0.05) is 29.8 Å². The van der Waals surface area contributed by atoms with Crippen molar-refractivity contribution in [2.75, 3.05) is 20.1 Å². The SMILES string of the molecule is CC(=O)N(C)C1CCN(Cc2cccc(C)c2)CC1. The Bertz CT molecular complexity index is 436. The Hall–Kier alpha value is -1.35. The minimum absolute atomic E-state index is 0.178. The van der Waals surface area contributed by atoms with Gasteiger partial charge in [0.25, 0.3) is 0 Å². The van der Waals surface area contributed by atoms with Crippen molar-refractivity contribution in [1.29, 1.82) is 0 Å². The van der Waals surface area contributed by atoms with E-state index in [1.54, 1.807) is 6.92 Å². The summed E-state index contributed by atoms with van der Waals surface area (Å²) in [7, 11) is 1.92. The molecule has 1 aromatic carbocycles. The Morgan fingerprint density at radius 2 is 2.05 bits per heavy atom. The maximum absolute atomic E-state index is 11.4. The molecule has 0 N–H and O–H groups in total. The van der Waals surface area contributed by atoms with Gasteiger partial charge in [-0.25, -0.2) is 0 Å². The largest absolute Gasteiger partial charge is 0.343 e. The summed E-state index contributed by atoms with van der Waals surface area (Å²) in [4.78, 5) is 15.7. The van der Waals surface area contributed by atoms with E-state index in [2.05, 4.69) is 36.1 Å². The number of nitrogens with zero attached hydrogens (tertiary/aromatic N) is 2. The summed E-state index contributed by atoms with van der Waals surface area (Å²) in [5.74, 6) is 0.178. The first kappa shape index (κ1) is 14.1. The topological polar surface area (TPSA) is 23.6 Å². The fourth-order valence-electron chi connectivity index (χ4n) is 2.79. The van der Waals surface area contributed by atoms with E-state index in [-0.39, 0.29) is 5.91 Å². The molecule has 0 bridgehead atoms. The number of hydrogen-bond acceptors (Lipinski definition) is 2. The van der Waals surface area contributed by atoms with E-state index in [0.29, 0.717) is 6.04 Å². The fourth-order valence-corrected chi connectivity index (χ4v) is 2.79. The van der Waals surface area contributed by atoms with Crippen molar-refractivity contribution in [3.63, 3.8) is 0 Å². The van der Waals surface area contributed by atoms with Gasteiger partial charge in [0.05, 0.1) is 0 Å². The highest BCUT2D eigenvalue weighted by atomic mass is 16.2. The number of piperidine rings is 1. The zero-order chi connectivity index (χ0) is 13.8. The van der Waals surface area contributed by atoms with Crippen LogP contribution in [0, 0.1) is 6.92 Å². The van der Waals surface area contributed by atoms with E-state index in [9.17, 15) is 4.79 Å². The zero-order valence-electron chi connectivity index (χ0n) is 12.2. The number of rotatable bonds is 3. The van der Waals surface area contributed by atoms with Crippen molar-refractivity contribution in [2.24, 2.45) is 0 Å². The molecule has 1 aromatic rings. The van der Waals surface area contributed by atoms with Crippen LogP contribution in [0.2, 0.25) is 0 Å². The number of likely N-dealkylation sites (tertiary alicyclic amines) is 1. The van der Waals surface area contributed by atoms with Gasteiger partial charge in [0.2, 0.25) is 5.91 Å². The van der Waals surface area contributed by atoms with Gasteiger partial charge < -0.3 is 4.90 Å². The highest BCUT2D eigenvalue weighted by Gasteiger charge is 2.23. The van der Waals surface area contributed by atoms with Crippen LogP contribution >= 0.6 is 0 Å². The predicted molar refractivity (Wildman–Crippen MR) is 77.9 cm³/mol. The summed E-state index contributed by atoms with van der Waals surface area (Å²) in [5, 5.41) is 0. The van der Waals surface area contributed by atoms with Crippen molar-refractivity contribution >= 4 is 5.91 Å². The molecule has 1 aliphatic rings. The highest BCUT2D eigenvalue weighted by Crippen LogP contribution is 2.18. The van der Waals surface area contributed by atoms with Crippen molar-refractivity contribution in [3.8, 4) is 0 Å². The summed E-state index contributed by atoms with van der Waals surface area (Å²) < 4.78 is 0. The van der Waals surface area contributed by atoms with Crippen LogP contribution in [0.4, 0.5) is 0 Å². The van der Waals surface area contributed by atoms with E-state index in [1.165, 1.54) is 11.1 Å². The number of benzene rings is 1. The molecule has 0 spiro atoms. The van der Waals surface area contributed by atoms with Crippen LogP contribution < -0.4 is 0 Å².